The normalized spacial score (nSPS) is 20.0. The number of nitrogens with zero attached hydrogens (tertiary/aromatic N) is 3. The molecule has 2 heterocycles. The van der Waals surface area contributed by atoms with Gasteiger partial charge in [-0.1, -0.05) is 12.1 Å². The fourth-order valence-electron chi connectivity index (χ4n) is 2.66. The third-order valence-corrected chi connectivity index (χ3v) is 5.61. The van der Waals surface area contributed by atoms with Crippen LogP contribution in [-0.2, 0) is 17.1 Å². The molecule has 1 aromatic heterocycles. The van der Waals surface area contributed by atoms with Gasteiger partial charge >= 0.3 is 0 Å². The Hall–Kier alpha value is -1.73. The van der Waals surface area contributed by atoms with Crippen LogP contribution in [0.1, 0.15) is 17.9 Å². The molecule has 0 N–H and O–H groups in total. The van der Waals surface area contributed by atoms with Crippen LogP contribution < -0.4 is 0 Å². The molecule has 1 saturated heterocycles. The van der Waals surface area contributed by atoms with Gasteiger partial charge in [0.1, 0.15) is 10.7 Å². The number of aromatic nitrogens is 2. The summed E-state index contributed by atoms with van der Waals surface area (Å²) in [4.78, 5) is 0.199. The Labute approximate surface area is 123 Å². The molecule has 1 aromatic carbocycles. The van der Waals surface area contributed by atoms with Gasteiger partial charge in [-0.05, 0) is 30.0 Å². The Bertz CT molecular complexity index is 757. The molecule has 0 unspecified atom stereocenters. The van der Waals surface area contributed by atoms with Gasteiger partial charge in [0.15, 0.2) is 0 Å². The van der Waals surface area contributed by atoms with Gasteiger partial charge in [0.2, 0.25) is 10.0 Å². The van der Waals surface area contributed by atoms with Crippen LogP contribution in [0.2, 0.25) is 0 Å². The zero-order chi connectivity index (χ0) is 15.0. The SMILES string of the molecule is Cn1cc(S(=O)(=O)N2CC[C@H](c3cccc(F)c3)C2)cn1. The Balaban J connectivity index is 1.81. The predicted molar refractivity (Wildman–Crippen MR) is 75.7 cm³/mol. The minimum absolute atomic E-state index is 0.0344. The van der Waals surface area contributed by atoms with Gasteiger partial charge in [0.25, 0.3) is 0 Å². The van der Waals surface area contributed by atoms with Gasteiger partial charge in [-0.3, -0.25) is 4.68 Å². The van der Waals surface area contributed by atoms with E-state index in [1.165, 1.54) is 33.5 Å². The van der Waals surface area contributed by atoms with Gasteiger partial charge in [-0.25, -0.2) is 12.8 Å². The van der Waals surface area contributed by atoms with E-state index in [1.807, 2.05) is 6.07 Å². The number of rotatable bonds is 3. The van der Waals surface area contributed by atoms with Crippen molar-refractivity contribution in [2.75, 3.05) is 13.1 Å². The Morgan fingerprint density at radius 3 is 2.86 bits per heavy atom. The lowest BCUT2D eigenvalue weighted by Gasteiger charge is -2.15. The highest BCUT2D eigenvalue weighted by Crippen LogP contribution is 2.31. The van der Waals surface area contributed by atoms with Crippen molar-refractivity contribution in [1.82, 2.24) is 14.1 Å². The zero-order valence-corrected chi connectivity index (χ0v) is 12.4. The molecule has 2 aromatic rings. The molecule has 1 aliphatic heterocycles. The minimum atomic E-state index is -3.51. The van der Waals surface area contributed by atoms with E-state index < -0.39 is 10.0 Å². The number of hydrogen-bond acceptors (Lipinski definition) is 3. The molecule has 0 bridgehead atoms. The van der Waals surface area contributed by atoms with E-state index in [0.717, 1.165) is 5.56 Å². The van der Waals surface area contributed by atoms with Crippen molar-refractivity contribution in [3.8, 4) is 0 Å². The first-order chi connectivity index (χ1) is 9.96. The summed E-state index contributed by atoms with van der Waals surface area (Å²) < 4.78 is 41.2. The smallest absolute Gasteiger partial charge is 0.246 e. The minimum Gasteiger partial charge on any atom is -0.274 e. The molecular formula is C14H16FN3O2S. The van der Waals surface area contributed by atoms with Crippen molar-refractivity contribution >= 4 is 10.0 Å². The molecule has 0 spiro atoms. The van der Waals surface area contributed by atoms with Gasteiger partial charge in [-0.15, -0.1) is 0 Å². The highest BCUT2D eigenvalue weighted by Gasteiger charge is 2.33. The maximum Gasteiger partial charge on any atom is 0.246 e. The highest BCUT2D eigenvalue weighted by atomic mass is 32.2. The topological polar surface area (TPSA) is 55.2 Å². The second-order valence-electron chi connectivity index (χ2n) is 5.25. The Morgan fingerprint density at radius 2 is 2.19 bits per heavy atom. The largest absolute Gasteiger partial charge is 0.274 e. The molecule has 1 atom stereocenters. The first-order valence-corrected chi connectivity index (χ1v) is 8.15. The average molecular weight is 309 g/mol. The fourth-order valence-corrected chi connectivity index (χ4v) is 4.15. The van der Waals surface area contributed by atoms with Gasteiger partial charge in [-0.2, -0.15) is 9.40 Å². The zero-order valence-electron chi connectivity index (χ0n) is 11.6. The van der Waals surface area contributed by atoms with Gasteiger partial charge < -0.3 is 0 Å². The van der Waals surface area contributed by atoms with Crippen molar-refractivity contribution in [2.24, 2.45) is 7.05 Å². The molecule has 3 rings (SSSR count). The molecule has 21 heavy (non-hydrogen) atoms. The lowest BCUT2D eigenvalue weighted by atomic mass is 9.99. The maximum absolute atomic E-state index is 13.3. The van der Waals surface area contributed by atoms with Crippen LogP contribution in [0, 0.1) is 5.82 Å². The van der Waals surface area contributed by atoms with Crippen molar-refractivity contribution in [3.63, 3.8) is 0 Å². The molecule has 0 aliphatic carbocycles. The van der Waals surface area contributed by atoms with E-state index in [1.54, 1.807) is 13.1 Å². The summed E-state index contributed by atoms with van der Waals surface area (Å²) in [7, 11) is -1.83. The number of sulfonamides is 1. The first-order valence-electron chi connectivity index (χ1n) is 6.71. The summed E-state index contributed by atoms with van der Waals surface area (Å²) in [5.74, 6) is -0.256. The van der Waals surface area contributed by atoms with E-state index in [0.29, 0.717) is 19.5 Å². The van der Waals surface area contributed by atoms with E-state index in [2.05, 4.69) is 5.10 Å². The van der Waals surface area contributed by atoms with Crippen molar-refractivity contribution in [2.45, 2.75) is 17.2 Å². The second kappa shape index (κ2) is 5.23. The molecule has 112 valence electrons. The van der Waals surface area contributed by atoms with Crippen LogP contribution in [0.3, 0.4) is 0 Å². The number of hydrogen-bond donors (Lipinski definition) is 0. The number of halogens is 1. The van der Waals surface area contributed by atoms with Crippen molar-refractivity contribution < 1.29 is 12.8 Å². The molecule has 7 heteroatoms. The monoisotopic (exact) mass is 309 g/mol. The molecule has 0 saturated carbocycles. The van der Waals surface area contributed by atoms with Crippen LogP contribution in [0.4, 0.5) is 4.39 Å². The van der Waals surface area contributed by atoms with Gasteiger partial charge in [0, 0.05) is 26.3 Å². The summed E-state index contributed by atoms with van der Waals surface area (Å²) in [5.41, 5.74) is 0.846. The number of benzene rings is 1. The second-order valence-corrected chi connectivity index (χ2v) is 7.19. The molecule has 5 nitrogen and oxygen atoms in total. The van der Waals surface area contributed by atoms with Crippen LogP contribution in [0.5, 0.6) is 0 Å². The molecule has 1 fully saturated rings. The van der Waals surface area contributed by atoms with Crippen LogP contribution >= 0.6 is 0 Å². The highest BCUT2D eigenvalue weighted by molar-refractivity contribution is 7.89. The first kappa shape index (κ1) is 14.2. The van der Waals surface area contributed by atoms with Crippen molar-refractivity contribution in [3.05, 3.63) is 48.0 Å². The summed E-state index contributed by atoms with van der Waals surface area (Å²) in [6.07, 6.45) is 3.54. The van der Waals surface area contributed by atoms with Crippen LogP contribution in [0.25, 0.3) is 0 Å². The van der Waals surface area contributed by atoms with Crippen LogP contribution in [0.15, 0.2) is 41.6 Å². The molecule has 0 amide bonds. The predicted octanol–water partition coefficient (Wildman–Crippen LogP) is 1.74. The Morgan fingerprint density at radius 1 is 1.38 bits per heavy atom. The van der Waals surface area contributed by atoms with Gasteiger partial charge in [0.05, 0.1) is 6.20 Å². The van der Waals surface area contributed by atoms with E-state index in [4.69, 9.17) is 0 Å². The van der Waals surface area contributed by atoms with E-state index >= 15 is 0 Å². The fraction of sp³-hybridized carbons (Fsp3) is 0.357. The third kappa shape index (κ3) is 2.71. The summed E-state index contributed by atoms with van der Waals surface area (Å²) in [6.45, 7) is 0.819. The summed E-state index contributed by atoms with van der Waals surface area (Å²) in [6, 6.07) is 6.37. The standard InChI is InChI=1S/C14H16FN3O2S/c1-17-10-14(8-16-17)21(19,20)18-6-5-12(9-18)11-3-2-4-13(15)7-11/h2-4,7-8,10,12H,5-6,9H2,1H3/t12-/m0/s1. The Kier molecular flexibility index (Phi) is 3.54. The molecule has 0 radical (unpaired) electrons. The quantitative estimate of drug-likeness (QED) is 0.868. The summed E-state index contributed by atoms with van der Waals surface area (Å²) >= 11 is 0. The van der Waals surface area contributed by atoms with E-state index in [-0.39, 0.29) is 16.6 Å². The maximum atomic E-state index is 13.3. The van der Waals surface area contributed by atoms with E-state index in [9.17, 15) is 12.8 Å². The lowest BCUT2D eigenvalue weighted by Crippen LogP contribution is -2.28. The van der Waals surface area contributed by atoms with Crippen molar-refractivity contribution in [1.29, 1.82) is 0 Å². The van der Waals surface area contributed by atoms with Crippen LogP contribution in [-0.4, -0.2) is 35.6 Å². The lowest BCUT2D eigenvalue weighted by molar-refractivity contribution is 0.472. The molecule has 1 aliphatic rings. The average Bonchev–Trinajstić information content (AvgIpc) is 3.07. The number of aryl methyl sites for hydroxylation is 1. The molecular weight excluding hydrogens is 293 g/mol. The summed E-state index contributed by atoms with van der Waals surface area (Å²) in [5, 5.41) is 3.90. The third-order valence-electron chi connectivity index (χ3n) is 3.79.